The average molecular weight is 457 g/mol. The van der Waals surface area contributed by atoms with Crippen LogP contribution in [0.15, 0.2) is 78.5 Å². The predicted molar refractivity (Wildman–Crippen MR) is 134 cm³/mol. The molecule has 1 heterocycles. The lowest BCUT2D eigenvalue weighted by molar-refractivity contribution is -0.120. The number of imide groups is 1. The zero-order chi connectivity index (χ0) is 24.4. The van der Waals surface area contributed by atoms with Gasteiger partial charge in [-0.1, -0.05) is 36.4 Å². The van der Waals surface area contributed by atoms with Crippen molar-refractivity contribution in [2.75, 3.05) is 24.0 Å². The van der Waals surface area contributed by atoms with Crippen LogP contribution in [0.4, 0.5) is 11.4 Å². The van der Waals surface area contributed by atoms with Gasteiger partial charge in [0.25, 0.3) is 11.8 Å². The molecular formula is C28H28N2O4. The van der Waals surface area contributed by atoms with E-state index in [1.807, 2.05) is 81.4 Å². The van der Waals surface area contributed by atoms with Gasteiger partial charge in [-0.2, -0.15) is 0 Å². The molecule has 0 aliphatic carbocycles. The van der Waals surface area contributed by atoms with Crippen molar-refractivity contribution in [1.29, 1.82) is 0 Å². The van der Waals surface area contributed by atoms with Gasteiger partial charge in [0.05, 0.1) is 24.5 Å². The topological polar surface area (TPSA) is 59.1 Å². The van der Waals surface area contributed by atoms with Gasteiger partial charge in [0.15, 0.2) is 0 Å². The molecule has 0 fully saturated rings. The lowest BCUT2D eigenvalue weighted by Gasteiger charge is -2.22. The number of hydrogen-bond acceptors (Lipinski definition) is 5. The van der Waals surface area contributed by atoms with Crippen LogP contribution in [-0.2, 0) is 9.59 Å². The molecule has 6 nitrogen and oxygen atoms in total. The third-order valence-electron chi connectivity index (χ3n) is 5.63. The quantitative estimate of drug-likeness (QED) is 0.457. The first kappa shape index (κ1) is 23.1. The molecule has 3 aromatic carbocycles. The minimum atomic E-state index is -0.405. The molecule has 0 atom stereocenters. The van der Waals surface area contributed by atoms with Crippen LogP contribution in [0, 0.1) is 6.92 Å². The summed E-state index contributed by atoms with van der Waals surface area (Å²) in [4.78, 5) is 30.6. The smallest absolute Gasteiger partial charge is 0.282 e. The number of anilines is 2. The number of hydrogen-bond donors (Lipinski definition) is 0. The van der Waals surface area contributed by atoms with E-state index in [1.165, 1.54) is 12.0 Å². The van der Waals surface area contributed by atoms with Crippen molar-refractivity contribution in [1.82, 2.24) is 0 Å². The summed E-state index contributed by atoms with van der Waals surface area (Å²) in [5, 5.41) is 0. The molecule has 174 valence electrons. The Bertz CT molecular complexity index is 1250. The highest BCUT2D eigenvalue weighted by Crippen LogP contribution is 2.40. The summed E-state index contributed by atoms with van der Waals surface area (Å²) in [6, 6.07) is 22.2. The van der Waals surface area contributed by atoms with Crippen molar-refractivity contribution < 1.29 is 19.1 Å². The van der Waals surface area contributed by atoms with E-state index in [4.69, 9.17) is 9.47 Å². The molecule has 3 aromatic rings. The Labute approximate surface area is 200 Å². The normalized spacial score (nSPS) is 13.6. The number of likely N-dealkylation sites (N-methyl/N-ethyl adjacent to an activating group) is 1. The Morgan fingerprint density at radius 2 is 1.56 bits per heavy atom. The first-order valence-electron chi connectivity index (χ1n) is 11.2. The summed E-state index contributed by atoms with van der Waals surface area (Å²) >= 11 is 0. The number of amides is 2. The van der Waals surface area contributed by atoms with Crippen LogP contribution < -0.4 is 19.3 Å². The van der Waals surface area contributed by atoms with E-state index in [2.05, 4.69) is 0 Å². The zero-order valence-corrected chi connectivity index (χ0v) is 20.0. The Kier molecular flexibility index (Phi) is 6.41. The SMILES string of the molecule is COc1ccc(C)cc1N1C(=O)C(c2ccc(OC(C)C)cc2)=C(N(C)c2ccccc2)C1=O. The number of aryl methyl sites for hydroxylation is 1. The fourth-order valence-electron chi connectivity index (χ4n) is 4.04. The summed E-state index contributed by atoms with van der Waals surface area (Å²) in [6.45, 7) is 5.82. The van der Waals surface area contributed by atoms with Gasteiger partial charge in [-0.25, -0.2) is 4.90 Å². The molecule has 0 radical (unpaired) electrons. The molecule has 2 amide bonds. The number of ether oxygens (including phenoxy) is 2. The first-order chi connectivity index (χ1) is 16.3. The van der Waals surface area contributed by atoms with E-state index >= 15 is 0 Å². The summed E-state index contributed by atoms with van der Waals surface area (Å²) < 4.78 is 11.2. The summed E-state index contributed by atoms with van der Waals surface area (Å²) in [5.41, 5.74) is 3.41. The Morgan fingerprint density at radius 3 is 2.18 bits per heavy atom. The standard InChI is InChI=1S/C28H28N2O4/c1-18(2)34-22-14-12-20(13-15-22)25-26(29(4)21-9-7-6-8-10-21)28(32)30(27(25)31)23-17-19(3)11-16-24(23)33-5/h6-18H,1-5H3. The van der Waals surface area contributed by atoms with Gasteiger partial charge in [0.1, 0.15) is 17.2 Å². The first-order valence-corrected chi connectivity index (χ1v) is 11.2. The Balaban J connectivity index is 1.86. The van der Waals surface area contributed by atoms with Crippen molar-refractivity contribution in [3.8, 4) is 11.5 Å². The second-order valence-electron chi connectivity index (χ2n) is 8.43. The predicted octanol–water partition coefficient (Wildman–Crippen LogP) is 5.21. The van der Waals surface area contributed by atoms with Crippen LogP contribution >= 0.6 is 0 Å². The maximum absolute atomic E-state index is 13.8. The molecule has 0 saturated heterocycles. The second-order valence-corrected chi connectivity index (χ2v) is 8.43. The molecule has 0 bridgehead atoms. The van der Waals surface area contributed by atoms with Crippen LogP contribution in [0.3, 0.4) is 0 Å². The maximum Gasteiger partial charge on any atom is 0.282 e. The average Bonchev–Trinajstić information content (AvgIpc) is 3.09. The molecule has 1 aliphatic heterocycles. The largest absolute Gasteiger partial charge is 0.495 e. The zero-order valence-electron chi connectivity index (χ0n) is 20.0. The van der Waals surface area contributed by atoms with Crippen molar-refractivity contribution in [2.45, 2.75) is 26.9 Å². The highest BCUT2D eigenvalue weighted by molar-refractivity contribution is 6.46. The number of carbonyl (C=O) groups is 2. The van der Waals surface area contributed by atoms with Gasteiger partial charge in [-0.3, -0.25) is 9.59 Å². The fourth-order valence-corrected chi connectivity index (χ4v) is 4.04. The van der Waals surface area contributed by atoms with Gasteiger partial charge >= 0.3 is 0 Å². The van der Waals surface area contributed by atoms with E-state index in [0.717, 1.165) is 11.3 Å². The number of benzene rings is 3. The van der Waals surface area contributed by atoms with E-state index in [-0.39, 0.29) is 6.10 Å². The van der Waals surface area contributed by atoms with Crippen LogP contribution in [0.2, 0.25) is 0 Å². The molecule has 1 aliphatic rings. The van der Waals surface area contributed by atoms with Gasteiger partial charge < -0.3 is 14.4 Å². The van der Waals surface area contributed by atoms with Gasteiger partial charge in [-0.05, 0) is 68.3 Å². The van der Waals surface area contributed by atoms with Crippen LogP contribution in [0.25, 0.3) is 5.57 Å². The summed E-state index contributed by atoms with van der Waals surface area (Å²) in [7, 11) is 3.32. The molecule has 0 N–H and O–H groups in total. The lowest BCUT2D eigenvalue weighted by atomic mass is 10.0. The molecule has 34 heavy (non-hydrogen) atoms. The number of carbonyl (C=O) groups excluding carboxylic acids is 2. The third-order valence-corrected chi connectivity index (χ3v) is 5.63. The minimum absolute atomic E-state index is 0.0313. The number of methoxy groups -OCH3 is 1. The third kappa shape index (κ3) is 4.27. The van der Waals surface area contributed by atoms with Crippen molar-refractivity contribution >= 4 is 28.8 Å². The molecule has 0 spiro atoms. The highest BCUT2D eigenvalue weighted by Gasteiger charge is 2.43. The number of para-hydroxylation sites is 1. The molecule has 0 saturated carbocycles. The van der Waals surface area contributed by atoms with Crippen molar-refractivity contribution in [3.05, 3.63) is 89.6 Å². The maximum atomic E-state index is 13.8. The van der Waals surface area contributed by atoms with Gasteiger partial charge in [0.2, 0.25) is 0 Å². The Morgan fingerprint density at radius 1 is 0.882 bits per heavy atom. The Hall–Kier alpha value is -4.06. The number of nitrogens with zero attached hydrogens (tertiary/aromatic N) is 2. The van der Waals surface area contributed by atoms with E-state index in [9.17, 15) is 9.59 Å². The van der Waals surface area contributed by atoms with E-state index < -0.39 is 11.8 Å². The van der Waals surface area contributed by atoms with Crippen molar-refractivity contribution in [3.63, 3.8) is 0 Å². The molecule has 0 aromatic heterocycles. The second kappa shape index (κ2) is 9.43. The highest BCUT2D eigenvalue weighted by atomic mass is 16.5. The molecular weight excluding hydrogens is 428 g/mol. The lowest BCUT2D eigenvalue weighted by Crippen LogP contribution is -2.34. The van der Waals surface area contributed by atoms with Crippen LogP contribution in [-0.4, -0.2) is 32.1 Å². The van der Waals surface area contributed by atoms with E-state index in [0.29, 0.717) is 34.0 Å². The monoisotopic (exact) mass is 456 g/mol. The van der Waals surface area contributed by atoms with E-state index in [1.54, 1.807) is 24.1 Å². The summed E-state index contributed by atoms with van der Waals surface area (Å²) in [5.74, 6) is 0.351. The molecule has 4 rings (SSSR count). The van der Waals surface area contributed by atoms with Crippen molar-refractivity contribution in [2.24, 2.45) is 0 Å². The minimum Gasteiger partial charge on any atom is -0.495 e. The van der Waals surface area contributed by atoms with Gasteiger partial charge in [0, 0.05) is 12.7 Å². The number of rotatable bonds is 7. The van der Waals surface area contributed by atoms with Crippen LogP contribution in [0.1, 0.15) is 25.0 Å². The summed E-state index contributed by atoms with van der Waals surface area (Å²) in [6.07, 6.45) is 0.0313. The van der Waals surface area contributed by atoms with Crippen LogP contribution in [0.5, 0.6) is 11.5 Å². The fraction of sp³-hybridized carbons (Fsp3) is 0.214. The molecule has 0 unspecified atom stereocenters. The van der Waals surface area contributed by atoms with Gasteiger partial charge in [-0.15, -0.1) is 0 Å². The molecule has 6 heteroatoms.